The average Bonchev–Trinajstić information content (AvgIpc) is 3.53. The number of amides is 2. The van der Waals surface area contributed by atoms with Gasteiger partial charge in [0.15, 0.2) is 0 Å². The number of likely N-dealkylation sites (tertiary alicyclic amines) is 2. The third-order valence-corrected chi connectivity index (χ3v) is 7.02. The van der Waals surface area contributed by atoms with Crippen molar-refractivity contribution in [3.8, 4) is 11.1 Å². The number of hydrogen-bond acceptors (Lipinski definition) is 3. The van der Waals surface area contributed by atoms with Gasteiger partial charge in [-0.2, -0.15) is 0 Å². The minimum absolute atomic E-state index is 0.133. The fourth-order valence-electron chi connectivity index (χ4n) is 5.11. The van der Waals surface area contributed by atoms with Gasteiger partial charge in [-0.3, -0.25) is 9.59 Å². The molecule has 2 fully saturated rings. The molecule has 0 saturated carbocycles. The lowest BCUT2D eigenvalue weighted by Crippen LogP contribution is -2.42. The first kappa shape index (κ1) is 20.3. The van der Waals surface area contributed by atoms with E-state index in [-0.39, 0.29) is 11.8 Å². The van der Waals surface area contributed by atoms with E-state index in [1.807, 2.05) is 46.2 Å². The molecule has 2 saturated heterocycles. The second-order valence-corrected chi connectivity index (χ2v) is 9.04. The quantitative estimate of drug-likeness (QED) is 0.745. The molecular weight excluding hydrogens is 386 g/mol. The Morgan fingerprint density at radius 1 is 0.774 bits per heavy atom. The molecule has 5 rings (SSSR count). The Bertz CT molecular complexity index is 957. The largest absolute Gasteiger partial charge is 0.339 e. The zero-order valence-corrected chi connectivity index (χ0v) is 18.2. The first-order chi connectivity index (χ1) is 15.2. The van der Waals surface area contributed by atoms with E-state index in [1.54, 1.807) is 0 Å². The second kappa shape index (κ2) is 8.83. The minimum atomic E-state index is 0.133. The molecule has 3 aliphatic heterocycles. The van der Waals surface area contributed by atoms with Gasteiger partial charge in [-0.05, 0) is 80.1 Å². The van der Waals surface area contributed by atoms with Crippen LogP contribution < -0.4 is 0 Å². The SMILES string of the molecule is O=C(c1ccc(-c2ccc3c(c2)CCN(CCN2CCCC2)C3=O)cc1)N1CCCC1. The molecule has 0 radical (unpaired) electrons. The van der Waals surface area contributed by atoms with E-state index in [9.17, 15) is 9.59 Å². The maximum atomic E-state index is 13.0. The molecule has 0 unspecified atom stereocenters. The highest BCUT2D eigenvalue weighted by atomic mass is 16.2. The van der Waals surface area contributed by atoms with E-state index in [1.165, 1.54) is 25.9 Å². The normalized spacial score (nSPS) is 19.2. The Balaban J connectivity index is 1.27. The molecule has 5 nitrogen and oxygen atoms in total. The number of rotatable bonds is 5. The average molecular weight is 418 g/mol. The summed E-state index contributed by atoms with van der Waals surface area (Å²) in [6.07, 6.45) is 5.68. The van der Waals surface area contributed by atoms with Crippen LogP contribution in [0.3, 0.4) is 0 Å². The van der Waals surface area contributed by atoms with Crippen molar-refractivity contribution in [3.63, 3.8) is 0 Å². The molecule has 0 atom stereocenters. The van der Waals surface area contributed by atoms with Gasteiger partial charge in [-0.1, -0.05) is 24.3 Å². The van der Waals surface area contributed by atoms with E-state index in [0.29, 0.717) is 0 Å². The van der Waals surface area contributed by atoms with Crippen LogP contribution in [0.15, 0.2) is 42.5 Å². The number of nitrogens with zero attached hydrogens (tertiary/aromatic N) is 3. The van der Waals surface area contributed by atoms with Crippen LogP contribution in [0.5, 0.6) is 0 Å². The Hall–Kier alpha value is -2.66. The zero-order chi connectivity index (χ0) is 21.2. The molecule has 162 valence electrons. The first-order valence-electron chi connectivity index (χ1n) is 11.7. The molecule has 0 N–H and O–H groups in total. The Kier molecular flexibility index (Phi) is 5.77. The number of carbonyl (C=O) groups is 2. The van der Waals surface area contributed by atoms with Gasteiger partial charge < -0.3 is 14.7 Å². The summed E-state index contributed by atoms with van der Waals surface area (Å²) in [4.78, 5) is 32.0. The maximum absolute atomic E-state index is 13.0. The molecule has 0 bridgehead atoms. The number of hydrogen-bond donors (Lipinski definition) is 0. The molecular formula is C26H31N3O2. The van der Waals surface area contributed by atoms with Crippen molar-refractivity contribution >= 4 is 11.8 Å². The molecule has 2 amide bonds. The molecule has 3 aliphatic rings. The smallest absolute Gasteiger partial charge is 0.254 e. The van der Waals surface area contributed by atoms with Crippen LogP contribution in [0.25, 0.3) is 11.1 Å². The van der Waals surface area contributed by atoms with Crippen molar-refractivity contribution in [1.82, 2.24) is 14.7 Å². The van der Waals surface area contributed by atoms with Gasteiger partial charge in [0.1, 0.15) is 0 Å². The van der Waals surface area contributed by atoms with E-state index < -0.39 is 0 Å². The lowest BCUT2D eigenvalue weighted by molar-refractivity contribution is 0.0723. The van der Waals surface area contributed by atoms with Gasteiger partial charge in [0.25, 0.3) is 11.8 Å². The van der Waals surface area contributed by atoms with Gasteiger partial charge in [-0.15, -0.1) is 0 Å². The van der Waals surface area contributed by atoms with Crippen LogP contribution in [-0.2, 0) is 6.42 Å². The lowest BCUT2D eigenvalue weighted by atomic mass is 9.93. The van der Waals surface area contributed by atoms with Gasteiger partial charge in [0.05, 0.1) is 0 Å². The van der Waals surface area contributed by atoms with Crippen LogP contribution in [0.4, 0.5) is 0 Å². The summed E-state index contributed by atoms with van der Waals surface area (Å²) >= 11 is 0. The van der Waals surface area contributed by atoms with Crippen molar-refractivity contribution in [1.29, 1.82) is 0 Å². The highest BCUT2D eigenvalue weighted by molar-refractivity contribution is 5.97. The van der Waals surface area contributed by atoms with Gasteiger partial charge in [0.2, 0.25) is 0 Å². The summed E-state index contributed by atoms with van der Waals surface area (Å²) in [6.45, 7) is 6.69. The Labute approximate surface area is 184 Å². The van der Waals surface area contributed by atoms with Crippen LogP contribution in [-0.4, -0.2) is 72.3 Å². The molecule has 31 heavy (non-hydrogen) atoms. The number of carbonyl (C=O) groups excluding carboxylic acids is 2. The molecule has 0 spiro atoms. The summed E-state index contributed by atoms with van der Waals surface area (Å²) in [5, 5.41) is 0. The predicted molar refractivity (Wildman–Crippen MR) is 122 cm³/mol. The summed E-state index contributed by atoms with van der Waals surface area (Å²) < 4.78 is 0. The Morgan fingerprint density at radius 3 is 2.19 bits per heavy atom. The zero-order valence-electron chi connectivity index (χ0n) is 18.2. The minimum Gasteiger partial charge on any atom is -0.339 e. The summed E-state index contributed by atoms with van der Waals surface area (Å²) in [7, 11) is 0. The third-order valence-electron chi connectivity index (χ3n) is 7.02. The van der Waals surface area contributed by atoms with Crippen LogP contribution in [0.2, 0.25) is 0 Å². The number of benzene rings is 2. The van der Waals surface area contributed by atoms with E-state index >= 15 is 0 Å². The predicted octanol–water partition coefficient (Wildman–Crippen LogP) is 3.68. The molecule has 3 heterocycles. The fraction of sp³-hybridized carbons (Fsp3) is 0.462. The van der Waals surface area contributed by atoms with Gasteiger partial charge in [-0.25, -0.2) is 0 Å². The summed E-state index contributed by atoms with van der Waals surface area (Å²) in [6, 6.07) is 14.1. The van der Waals surface area contributed by atoms with Crippen LogP contribution >= 0.6 is 0 Å². The highest BCUT2D eigenvalue weighted by Crippen LogP contribution is 2.27. The monoisotopic (exact) mass is 417 g/mol. The summed E-state index contributed by atoms with van der Waals surface area (Å²) in [5.74, 6) is 0.299. The topological polar surface area (TPSA) is 43.9 Å². The van der Waals surface area contributed by atoms with Crippen LogP contribution in [0.1, 0.15) is 52.0 Å². The summed E-state index contributed by atoms with van der Waals surface area (Å²) in [5.41, 5.74) is 4.93. The molecule has 5 heteroatoms. The highest BCUT2D eigenvalue weighted by Gasteiger charge is 2.25. The van der Waals surface area contributed by atoms with Crippen molar-refractivity contribution in [3.05, 3.63) is 59.2 Å². The molecule has 2 aromatic carbocycles. The van der Waals surface area contributed by atoms with Crippen molar-refractivity contribution in [2.24, 2.45) is 0 Å². The third kappa shape index (κ3) is 4.24. The van der Waals surface area contributed by atoms with Crippen molar-refractivity contribution in [2.45, 2.75) is 32.1 Å². The lowest BCUT2D eigenvalue weighted by Gasteiger charge is -2.30. The first-order valence-corrected chi connectivity index (χ1v) is 11.7. The molecule has 0 aromatic heterocycles. The molecule has 2 aromatic rings. The van der Waals surface area contributed by atoms with E-state index in [0.717, 1.165) is 79.8 Å². The van der Waals surface area contributed by atoms with Crippen molar-refractivity contribution < 1.29 is 9.59 Å². The standard InChI is InChI=1S/C26H31N3O2/c30-25(28-14-3-4-15-28)21-7-5-20(6-8-21)22-9-10-24-23(19-22)11-16-29(26(24)31)18-17-27-12-1-2-13-27/h5-10,19H,1-4,11-18H2. The number of fused-ring (bicyclic) bond motifs is 1. The van der Waals surface area contributed by atoms with Crippen LogP contribution in [0, 0.1) is 0 Å². The second-order valence-electron chi connectivity index (χ2n) is 9.04. The Morgan fingerprint density at radius 2 is 1.45 bits per heavy atom. The maximum Gasteiger partial charge on any atom is 0.254 e. The van der Waals surface area contributed by atoms with Crippen molar-refractivity contribution in [2.75, 3.05) is 45.8 Å². The van der Waals surface area contributed by atoms with Gasteiger partial charge in [0, 0.05) is 43.9 Å². The molecule has 0 aliphatic carbocycles. The van der Waals surface area contributed by atoms with E-state index in [4.69, 9.17) is 0 Å². The van der Waals surface area contributed by atoms with Gasteiger partial charge >= 0.3 is 0 Å². The fourth-order valence-corrected chi connectivity index (χ4v) is 5.11. The van der Waals surface area contributed by atoms with E-state index in [2.05, 4.69) is 11.0 Å².